The average Bonchev–Trinajstić information content (AvgIpc) is 3.14. The van der Waals surface area contributed by atoms with E-state index in [0.717, 1.165) is 6.92 Å². The summed E-state index contributed by atoms with van der Waals surface area (Å²) in [6.07, 6.45) is -2.76. The molecule has 1 fully saturated rings. The van der Waals surface area contributed by atoms with E-state index in [1.54, 1.807) is 0 Å². The molecule has 24 nitrogen and oxygen atoms in total. The molecule has 0 radical (unpaired) electrons. The molecule has 0 aromatic carbocycles. The molecule has 7 unspecified atom stereocenters. The van der Waals surface area contributed by atoms with Crippen LogP contribution in [0.25, 0.3) is 0 Å². The zero-order chi connectivity index (χ0) is 33.5. The highest BCUT2D eigenvalue weighted by Gasteiger charge is 2.48. The minimum atomic E-state index is -6.31. The predicted octanol–water partition coefficient (Wildman–Crippen LogP) is -0.663. The van der Waals surface area contributed by atoms with E-state index in [1.165, 1.54) is 0 Å². The molecule has 0 aromatic heterocycles. The number of hydrogen-bond acceptors (Lipinski definition) is 17. The van der Waals surface area contributed by atoms with Crippen LogP contribution >= 0.6 is 39.1 Å². The van der Waals surface area contributed by atoms with Crippen LogP contribution in [-0.2, 0) is 73.6 Å². The lowest BCUT2D eigenvalue weighted by Gasteiger charge is -2.21. The number of ether oxygens (including phenoxy) is 1. The van der Waals surface area contributed by atoms with Gasteiger partial charge in [-0.05, 0) is 13.3 Å². The molecule has 1 aliphatic rings. The van der Waals surface area contributed by atoms with Gasteiger partial charge in [0.2, 0.25) is 5.91 Å². The summed E-state index contributed by atoms with van der Waals surface area (Å²) in [5.41, 5.74) is 0. The SMILES string of the molecule is CC(=O)CC(CS(=O)(=O)O)C(=O)NCCOP(=O)(O)OP(=O)(O)OP(=O)(O)OP(=O)(O)OP(=O)(O)OC[C@H]1OCCC1O. The summed E-state index contributed by atoms with van der Waals surface area (Å²) >= 11 is 0. The molecule has 43 heavy (non-hydrogen) atoms. The molecule has 1 rings (SSSR count). The topological polar surface area (TPSA) is 372 Å². The number of nitrogens with one attached hydrogen (secondary N) is 1. The fourth-order valence-corrected chi connectivity index (χ4v) is 10.0. The van der Waals surface area contributed by atoms with Gasteiger partial charge >= 0.3 is 39.1 Å². The van der Waals surface area contributed by atoms with Crippen molar-refractivity contribution < 1.29 is 106 Å². The number of Topliss-reactive ketones (excluding diaryl/α,β-unsaturated/α-hetero) is 1. The summed E-state index contributed by atoms with van der Waals surface area (Å²) in [7, 11) is -34.7. The van der Waals surface area contributed by atoms with Gasteiger partial charge in [0, 0.05) is 19.6 Å². The molecular formula is C13H28NO23P5S. The van der Waals surface area contributed by atoms with Crippen molar-refractivity contribution in [2.24, 2.45) is 5.92 Å². The number of rotatable bonds is 20. The molecule has 30 heteroatoms. The second-order valence-electron chi connectivity index (χ2n) is 8.21. The number of aliphatic hydroxyl groups excluding tert-OH is 1. The van der Waals surface area contributed by atoms with Crippen molar-refractivity contribution in [3.8, 4) is 0 Å². The van der Waals surface area contributed by atoms with E-state index in [1.807, 2.05) is 5.32 Å². The Morgan fingerprint density at radius 3 is 1.77 bits per heavy atom. The number of phosphoric acid groups is 5. The normalized spacial score (nSPS) is 25.3. The van der Waals surface area contributed by atoms with Crippen LogP contribution in [0.1, 0.15) is 19.8 Å². The Hall–Kier alpha value is -0.320. The highest BCUT2D eigenvalue weighted by molar-refractivity contribution is 7.85. The van der Waals surface area contributed by atoms with Crippen LogP contribution in [0.2, 0.25) is 0 Å². The van der Waals surface area contributed by atoms with Gasteiger partial charge in [-0.25, -0.2) is 22.8 Å². The maximum absolute atomic E-state index is 12.0. The first kappa shape index (κ1) is 40.7. The third-order valence-electron chi connectivity index (χ3n) is 4.37. The Morgan fingerprint density at radius 1 is 0.884 bits per heavy atom. The van der Waals surface area contributed by atoms with E-state index in [0.29, 0.717) is 0 Å². The van der Waals surface area contributed by atoms with Gasteiger partial charge in [-0.1, -0.05) is 0 Å². The van der Waals surface area contributed by atoms with Crippen LogP contribution in [0.3, 0.4) is 0 Å². The molecule has 0 bridgehead atoms. The fraction of sp³-hybridized carbons (Fsp3) is 0.846. The Kier molecular flexibility index (Phi) is 15.1. The number of carbonyl (C=O) groups excluding carboxylic acids is 2. The molecule has 0 spiro atoms. The van der Waals surface area contributed by atoms with E-state index in [4.69, 9.17) is 9.29 Å². The molecule has 254 valence electrons. The summed E-state index contributed by atoms with van der Waals surface area (Å²) in [6, 6.07) is 0. The molecule has 1 amide bonds. The number of amides is 1. The van der Waals surface area contributed by atoms with Gasteiger partial charge in [-0.2, -0.15) is 25.7 Å². The first-order valence-electron chi connectivity index (χ1n) is 11.0. The lowest BCUT2D eigenvalue weighted by Crippen LogP contribution is -2.37. The van der Waals surface area contributed by atoms with Crippen LogP contribution in [0.4, 0.5) is 0 Å². The summed E-state index contributed by atoms with van der Waals surface area (Å²) in [4.78, 5) is 70.7. The van der Waals surface area contributed by atoms with Crippen molar-refractivity contribution in [3.05, 3.63) is 0 Å². The van der Waals surface area contributed by atoms with Crippen molar-refractivity contribution >= 4 is 60.9 Å². The van der Waals surface area contributed by atoms with E-state index >= 15 is 0 Å². The van der Waals surface area contributed by atoms with Crippen LogP contribution in [-0.4, -0.2) is 98.6 Å². The first-order valence-corrected chi connectivity index (χ1v) is 20.1. The smallest absolute Gasteiger partial charge is 0.390 e. The molecule has 1 heterocycles. The van der Waals surface area contributed by atoms with E-state index < -0.39 is 111 Å². The lowest BCUT2D eigenvalue weighted by atomic mass is 10.0. The Labute approximate surface area is 242 Å². The number of hydrogen-bond donors (Lipinski definition) is 8. The fourth-order valence-electron chi connectivity index (χ4n) is 2.89. The van der Waals surface area contributed by atoms with Crippen molar-refractivity contribution in [2.75, 3.05) is 32.1 Å². The molecule has 1 saturated heterocycles. The third-order valence-corrected chi connectivity index (χ3v) is 12.8. The van der Waals surface area contributed by atoms with E-state index in [-0.39, 0.29) is 13.0 Å². The first-order chi connectivity index (χ1) is 19.2. The van der Waals surface area contributed by atoms with Crippen molar-refractivity contribution in [3.63, 3.8) is 0 Å². The number of ketones is 1. The molecule has 0 aromatic rings. The molecule has 0 saturated carbocycles. The standard InChI is InChI=1S/C13H28NO23P5S/c1-9(15)6-10(8-43(28,29)30)13(17)14-3-5-32-38(18,19)34-40(22,23)36-42(26,27)37-41(24,25)35-39(20,21)33-7-12-11(16)2-4-31-12/h10-12,16H,2-8H2,1H3,(H,14,17)(H,18,19)(H,20,21)(H,22,23)(H,24,25)(H,26,27)(H,28,29,30)/t10?,11?,12-/m1/s1. The largest absolute Gasteiger partial charge is 0.490 e. The second-order valence-corrected chi connectivity index (χ2v) is 17.5. The molecule has 8 atom stereocenters. The maximum atomic E-state index is 12.0. The van der Waals surface area contributed by atoms with Crippen LogP contribution < -0.4 is 5.32 Å². The minimum absolute atomic E-state index is 0.0480. The number of carbonyl (C=O) groups is 2. The summed E-state index contributed by atoms with van der Waals surface area (Å²) in [5.74, 6) is -4.47. The second kappa shape index (κ2) is 16.0. The van der Waals surface area contributed by atoms with Gasteiger partial charge in [0.25, 0.3) is 10.1 Å². The number of aliphatic hydroxyl groups is 1. The molecule has 0 aliphatic carbocycles. The minimum Gasteiger partial charge on any atom is -0.390 e. The quantitative estimate of drug-likeness (QED) is 0.0434. The van der Waals surface area contributed by atoms with Gasteiger partial charge in [0.1, 0.15) is 11.9 Å². The molecule has 8 N–H and O–H groups in total. The highest BCUT2D eigenvalue weighted by atomic mass is 32.2. The monoisotopic (exact) mass is 753 g/mol. The van der Waals surface area contributed by atoms with Gasteiger partial charge in [0.15, 0.2) is 0 Å². The van der Waals surface area contributed by atoms with Gasteiger partial charge in [-0.3, -0.25) is 18.4 Å². The molecular weight excluding hydrogens is 725 g/mol. The van der Waals surface area contributed by atoms with Gasteiger partial charge in [-0.15, -0.1) is 0 Å². The average molecular weight is 753 g/mol. The lowest BCUT2D eigenvalue weighted by molar-refractivity contribution is -0.128. The number of phosphoric ester groups is 2. The van der Waals surface area contributed by atoms with Crippen molar-refractivity contribution in [1.29, 1.82) is 0 Å². The van der Waals surface area contributed by atoms with Crippen LogP contribution in [0, 0.1) is 5.92 Å². The Balaban J connectivity index is 2.66. The predicted molar refractivity (Wildman–Crippen MR) is 134 cm³/mol. The van der Waals surface area contributed by atoms with Crippen LogP contribution in [0.5, 0.6) is 0 Å². The maximum Gasteiger partial charge on any atom is 0.490 e. The van der Waals surface area contributed by atoms with Gasteiger partial charge in [0.05, 0.1) is 31.0 Å². The van der Waals surface area contributed by atoms with Crippen molar-refractivity contribution in [1.82, 2.24) is 5.32 Å². The summed E-state index contributed by atoms with van der Waals surface area (Å²) in [5, 5.41) is 11.5. The van der Waals surface area contributed by atoms with Crippen molar-refractivity contribution in [2.45, 2.75) is 32.0 Å². The highest BCUT2D eigenvalue weighted by Crippen LogP contribution is 2.73. The zero-order valence-electron chi connectivity index (χ0n) is 21.5. The Morgan fingerprint density at radius 2 is 1.35 bits per heavy atom. The Bertz CT molecular complexity index is 1350. The summed E-state index contributed by atoms with van der Waals surface area (Å²) < 4.78 is 118. The summed E-state index contributed by atoms with van der Waals surface area (Å²) in [6.45, 7) is -1.55. The molecule has 1 aliphatic heterocycles. The van der Waals surface area contributed by atoms with E-state index in [9.17, 15) is 70.4 Å². The zero-order valence-corrected chi connectivity index (χ0v) is 26.8. The van der Waals surface area contributed by atoms with Gasteiger partial charge < -0.3 is 44.4 Å². The third kappa shape index (κ3) is 17.8. The van der Waals surface area contributed by atoms with E-state index in [2.05, 4.69) is 26.3 Å². The van der Waals surface area contributed by atoms with Crippen LogP contribution in [0.15, 0.2) is 0 Å².